The molecule has 2 saturated heterocycles. The van der Waals surface area contributed by atoms with Crippen LogP contribution in [0, 0.1) is 0 Å². The minimum absolute atomic E-state index is 0.132. The van der Waals surface area contributed by atoms with Crippen molar-refractivity contribution >= 4 is 17.3 Å². The van der Waals surface area contributed by atoms with Gasteiger partial charge < -0.3 is 15.1 Å². The number of hydrogen-bond acceptors (Lipinski definition) is 3. The number of anilines is 2. The van der Waals surface area contributed by atoms with Gasteiger partial charge in [0.1, 0.15) is 0 Å². The molecule has 0 saturated carbocycles. The summed E-state index contributed by atoms with van der Waals surface area (Å²) in [4.78, 5) is 16.9. The van der Waals surface area contributed by atoms with Crippen LogP contribution >= 0.6 is 0 Å². The highest BCUT2D eigenvalue weighted by atomic mass is 16.1. The molecule has 2 aliphatic heterocycles. The Morgan fingerprint density at radius 1 is 1.09 bits per heavy atom. The van der Waals surface area contributed by atoms with Crippen LogP contribution in [-0.4, -0.2) is 43.5 Å². The van der Waals surface area contributed by atoms with Crippen molar-refractivity contribution in [3.05, 3.63) is 24.3 Å². The van der Waals surface area contributed by atoms with E-state index in [2.05, 4.69) is 34.3 Å². The van der Waals surface area contributed by atoms with Gasteiger partial charge in [0.25, 0.3) is 0 Å². The van der Waals surface area contributed by atoms with Crippen LogP contribution in [0.4, 0.5) is 11.4 Å². The zero-order valence-electron chi connectivity index (χ0n) is 13.6. The predicted octanol–water partition coefficient (Wildman–Crippen LogP) is 3.10. The highest BCUT2D eigenvalue weighted by Crippen LogP contribution is 2.23. The van der Waals surface area contributed by atoms with E-state index in [1.807, 2.05) is 12.1 Å². The number of hydrogen-bond donors (Lipinski definition) is 1. The largest absolute Gasteiger partial charge is 0.372 e. The number of nitrogens with zero attached hydrogens (tertiary/aromatic N) is 2. The van der Waals surface area contributed by atoms with Crippen molar-refractivity contribution in [3.8, 4) is 0 Å². The summed E-state index contributed by atoms with van der Waals surface area (Å²) in [6.45, 7) is 3.42. The number of piperidine rings is 1. The summed E-state index contributed by atoms with van der Waals surface area (Å²) in [6, 6.07) is 8.69. The lowest BCUT2D eigenvalue weighted by Crippen LogP contribution is -2.38. The minimum Gasteiger partial charge on any atom is -0.372 e. The zero-order chi connectivity index (χ0) is 15.4. The molecule has 1 atom stereocenters. The quantitative estimate of drug-likeness (QED) is 0.928. The van der Waals surface area contributed by atoms with Crippen LogP contribution in [0.25, 0.3) is 0 Å². The summed E-state index contributed by atoms with van der Waals surface area (Å²) in [5, 5.41) is 3.04. The van der Waals surface area contributed by atoms with Gasteiger partial charge in [0.2, 0.25) is 5.91 Å². The Morgan fingerprint density at radius 3 is 2.45 bits per heavy atom. The normalized spacial score (nSPS) is 22.8. The predicted molar refractivity (Wildman–Crippen MR) is 91.4 cm³/mol. The Morgan fingerprint density at radius 2 is 1.77 bits per heavy atom. The standard InChI is InChI=1S/C18H27N3O/c1-20-11-3-2-6-17(20)14-18(22)19-15-7-9-16(10-8-15)21-12-4-5-13-21/h7-10,17H,2-6,11-14H2,1H3,(H,19,22). The second kappa shape index (κ2) is 7.14. The molecule has 3 rings (SSSR count). The third kappa shape index (κ3) is 3.80. The molecule has 1 N–H and O–H groups in total. The number of likely N-dealkylation sites (tertiary alicyclic amines) is 1. The monoisotopic (exact) mass is 301 g/mol. The van der Waals surface area contributed by atoms with Gasteiger partial charge in [-0.1, -0.05) is 6.42 Å². The van der Waals surface area contributed by atoms with E-state index in [-0.39, 0.29) is 5.91 Å². The first-order valence-corrected chi connectivity index (χ1v) is 8.57. The van der Waals surface area contributed by atoms with Crippen LogP contribution in [0.2, 0.25) is 0 Å². The molecular weight excluding hydrogens is 274 g/mol. The van der Waals surface area contributed by atoms with Crippen LogP contribution < -0.4 is 10.2 Å². The molecule has 4 heteroatoms. The van der Waals surface area contributed by atoms with Gasteiger partial charge in [0.05, 0.1) is 0 Å². The van der Waals surface area contributed by atoms with Gasteiger partial charge in [0, 0.05) is 36.9 Å². The molecule has 1 aromatic carbocycles. The van der Waals surface area contributed by atoms with Gasteiger partial charge in [0.15, 0.2) is 0 Å². The number of carbonyl (C=O) groups is 1. The third-order valence-corrected chi connectivity index (χ3v) is 4.96. The van der Waals surface area contributed by atoms with E-state index in [0.717, 1.165) is 31.7 Å². The topological polar surface area (TPSA) is 35.6 Å². The van der Waals surface area contributed by atoms with Crippen LogP contribution in [0.3, 0.4) is 0 Å². The lowest BCUT2D eigenvalue weighted by molar-refractivity contribution is -0.117. The van der Waals surface area contributed by atoms with E-state index in [0.29, 0.717) is 12.5 Å². The smallest absolute Gasteiger partial charge is 0.225 e. The summed E-state index contributed by atoms with van der Waals surface area (Å²) in [6.07, 6.45) is 6.81. The lowest BCUT2D eigenvalue weighted by Gasteiger charge is -2.31. The molecule has 0 aromatic heterocycles. The molecule has 120 valence electrons. The number of nitrogens with one attached hydrogen (secondary N) is 1. The average Bonchev–Trinajstić information content (AvgIpc) is 3.05. The van der Waals surface area contributed by atoms with Crippen LogP contribution in [-0.2, 0) is 4.79 Å². The van der Waals surface area contributed by atoms with Gasteiger partial charge in [-0.25, -0.2) is 0 Å². The molecule has 2 heterocycles. The molecule has 0 radical (unpaired) electrons. The highest BCUT2D eigenvalue weighted by molar-refractivity contribution is 5.91. The molecule has 22 heavy (non-hydrogen) atoms. The van der Waals surface area contributed by atoms with Crippen molar-refractivity contribution in [2.75, 3.05) is 36.9 Å². The van der Waals surface area contributed by atoms with Gasteiger partial charge in [-0.3, -0.25) is 4.79 Å². The first-order chi connectivity index (χ1) is 10.7. The number of amides is 1. The molecule has 4 nitrogen and oxygen atoms in total. The Hall–Kier alpha value is -1.55. The van der Waals surface area contributed by atoms with Crippen LogP contribution in [0.1, 0.15) is 38.5 Å². The molecule has 1 unspecified atom stereocenters. The van der Waals surface area contributed by atoms with Gasteiger partial charge >= 0.3 is 0 Å². The summed E-state index contributed by atoms with van der Waals surface area (Å²) >= 11 is 0. The van der Waals surface area contributed by atoms with Crippen LogP contribution in [0.5, 0.6) is 0 Å². The summed E-state index contributed by atoms with van der Waals surface area (Å²) in [7, 11) is 2.13. The van der Waals surface area contributed by atoms with Crippen molar-refractivity contribution < 1.29 is 4.79 Å². The fourth-order valence-electron chi connectivity index (χ4n) is 3.56. The van der Waals surface area contributed by atoms with Crippen molar-refractivity contribution in [2.45, 2.75) is 44.6 Å². The Bertz CT molecular complexity index is 494. The van der Waals surface area contributed by atoms with Crippen molar-refractivity contribution in [1.29, 1.82) is 0 Å². The van der Waals surface area contributed by atoms with Gasteiger partial charge in [-0.05, 0) is 63.5 Å². The second-order valence-corrected chi connectivity index (χ2v) is 6.62. The maximum atomic E-state index is 12.2. The maximum absolute atomic E-state index is 12.2. The molecule has 0 aliphatic carbocycles. The van der Waals surface area contributed by atoms with E-state index >= 15 is 0 Å². The van der Waals surface area contributed by atoms with E-state index in [4.69, 9.17) is 0 Å². The molecule has 1 aromatic rings. The van der Waals surface area contributed by atoms with Gasteiger partial charge in [-0.2, -0.15) is 0 Å². The van der Waals surface area contributed by atoms with Crippen molar-refractivity contribution in [2.24, 2.45) is 0 Å². The first kappa shape index (κ1) is 15.3. The third-order valence-electron chi connectivity index (χ3n) is 4.96. The van der Waals surface area contributed by atoms with E-state index < -0.39 is 0 Å². The zero-order valence-corrected chi connectivity index (χ0v) is 13.6. The Labute approximate surface area is 133 Å². The molecular formula is C18H27N3O. The number of benzene rings is 1. The second-order valence-electron chi connectivity index (χ2n) is 6.62. The SMILES string of the molecule is CN1CCCCC1CC(=O)Nc1ccc(N2CCCC2)cc1. The van der Waals surface area contributed by atoms with Crippen molar-refractivity contribution in [1.82, 2.24) is 4.90 Å². The Balaban J connectivity index is 1.52. The average molecular weight is 301 g/mol. The fourth-order valence-corrected chi connectivity index (χ4v) is 3.56. The fraction of sp³-hybridized carbons (Fsp3) is 0.611. The van der Waals surface area contributed by atoms with E-state index in [9.17, 15) is 4.79 Å². The molecule has 1 amide bonds. The molecule has 2 fully saturated rings. The summed E-state index contributed by atoms with van der Waals surface area (Å²) in [5.41, 5.74) is 2.17. The minimum atomic E-state index is 0.132. The number of carbonyl (C=O) groups excluding carboxylic acids is 1. The first-order valence-electron chi connectivity index (χ1n) is 8.57. The summed E-state index contributed by atoms with van der Waals surface area (Å²) in [5.74, 6) is 0.132. The number of rotatable bonds is 4. The van der Waals surface area contributed by atoms with E-state index in [1.54, 1.807) is 0 Å². The van der Waals surface area contributed by atoms with E-state index in [1.165, 1.54) is 31.4 Å². The molecule has 2 aliphatic rings. The maximum Gasteiger partial charge on any atom is 0.225 e. The lowest BCUT2D eigenvalue weighted by atomic mass is 10.00. The molecule has 0 bridgehead atoms. The van der Waals surface area contributed by atoms with Gasteiger partial charge in [-0.15, -0.1) is 0 Å². The molecule has 0 spiro atoms. The Kier molecular flexibility index (Phi) is 4.98. The van der Waals surface area contributed by atoms with Crippen molar-refractivity contribution in [3.63, 3.8) is 0 Å². The summed E-state index contributed by atoms with van der Waals surface area (Å²) < 4.78 is 0. The highest BCUT2D eigenvalue weighted by Gasteiger charge is 2.21. The van der Waals surface area contributed by atoms with Crippen LogP contribution in [0.15, 0.2) is 24.3 Å².